The quantitative estimate of drug-likeness (QED) is 0.293. The number of methoxy groups -OCH3 is 2. The van der Waals surface area contributed by atoms with Gasteiger partial charge in [-0.25, -0.2) is 18.6 Å². The number of fused-ring (bicyclic) bond motifs is 1. The minimum absolute atomic E-state index is 0.00183. The number of hydrogen-bond acceptors (Lipinski definition) is 7. The van der Waals surface area contributed by atoms with Crippen LogP contribution < -0.4 is 24.6 Å². The number of amides is 2. The van der Waals surface area contributed by atoms with Crippen LogP contribution in [0.3, 0.4) is 0 Å². The molecule has 4 rings (SSSR count). The van der Waals surface area contributed by atoms with E-state index < -0.39 is 19.0 Å². The van der Waals surface area contributed by atoms with Crippen molar-refractivity contribution in [2.75, 3.05) is 35.9 Å². The van der Waals surface area contributed by atoms with Crippen molar-refractivity contribution >= 4 is 58.2 Å². The highest BCUT2D eigenvalue weighted by molar-refractivity contribution is 6.42. The van der Waals surface area contributed by atoms with Crippen molar-refractivity contribution in [3.63, 3.8) is 0 Å². The third kappa shape index (κ3) is 5.74. The summed E-state index contributed by atoms with van der Waals surface area (Å²) in [6, 6.07) is 7.62. The molecule has 0 unspecified atom stereocenters. The van der Waals surface area contributed by atoms with Gasteiger partial charge in [0.05, 0.1) is 33.0 Å². The maximum Gasteiger partial charge on any atom is 0.330 e. The molecule has 1 aromatic heterocycles. The summed E-state index contributed by atoms with van der Waals surface area (Å²) in [6.45, 7) is 2.43. The van der Waals surface area contributed by atoms with E-state index in [0.29, 0.717) is 16.8 Å². The number of carbonyl (C=O) groups is 2. The van der Waals surface area contributed by atoms with Crippen LogP contribution in [0.15, 0.2) is 49.2 Å². The molecule has 1 aliphatic rings. The van der Waals surface area contributed by atoms with E-state index in [4.69, 9.17) is 32.7 Å². The van der Waals surface area contributed by atoms with Crippen LogP contribution in [0, 0.1) is 0 Å². The number of halogens is 4. The van der Waals surface area contributed by atoms with Crippen LogP contribution in [0.25, 0.3) is 0 Å². The normalized spacial score (nSPS) is 12.8. The summed E-state index contributed by atoms with van der Waals surface area (Å²) in [6.07, 6.45) is -0.139. The molecule has 13 heteroatoms. The van der Waals surface area contributed by atoms with Gasteiger partial charge in [0.25, 0.3) is 6.43 Å². The van der Waals surface area contributed by atoms with E-state index in [2.05, 4.69) is 21.9 Å². The van der Waals surface area contributed by atoms with Crippen molar-refractivity contribution in [3.05, 3.63) is 70.4 Å². The molecule has 204 valence electrons. The molecule has 0 spiro atoms. The average Bonchev–Trinajstić information content (AvgIpc) is 2.92. The zero-order valence-corrected chi connectivity index (χ0v) is 22.4. The Morgan fingerprint density at radius 2 is 1.87 bits per heavy atom. The zero-order chi connectivity index (χ0) is 28.3. The van der Waals surface area contributed by atoms with E-state index >= 15 is 0 Å². The smallest absolute Gasteiger partial charge is 0.330 e. The summed E-state index contributed by atoms with van der Waals surface area (Å²) in [5.74, 6) is 0.214. The molecule has 2 amide bonds. The highest BCUT2D eigenvalue weighted by atomic mass is 35.5. The number of nitrogens with zero attached hydrogens (tertiary/aromatic N) is 4. The van der Waals surface area contributed by atoms with Gasteiger partial charge in [0.15, 0.2) is 5.78 Å². The second-order valence-corrected chi connectivity index (χ2v) is 9.06. The molecule has 2 aromatic carbocycles. The number of carbonyl (C=O) groups excluding carboxylic acids is 2. The first-order valence-corrected chi connectivity index (χ1v) is 12.3. The number of para-hydroxylation sites is 1. The first kappa shape index (κ1) is 28.1. The summed E-state index contributed by atoms with van der Waals surface area (Å²) in [5.41, 5.74) is 1.60. The molecule has 0 saturated carbocycles. The molecule has 2 heterocycles. The van der Waals surface area contributed by atoms with Gasteiger partial charge in [-0.2, -0.15) is 4.98 Å². The third-order valence-electron chi connectivity index (χ3n) is 5.88. The second kappa shape index (κ2) is 11.8. The summed E-state index contributed by atoms with van der Waals surface area (Å²) < 4.78 is 37.9. The topological polar surface area (TPSA) is 96.9 Å². The lowest BCUT2D eigenvalue weighted by Gasteiger charge is -2.37. The van der Waals surface area contributed by atoms with Crippen LogP contribution in [0.5, 0.6) is 11.5 Å². The SMILES string of the molecule is C=CC(=O)Cc1ccccc1Nc1ncc2c(n1)N(CC(F)F)C(=O)N(c1c(Cl)c(OC)cc(OC)c1Cl)C2. The van der Waals surface area contributed by atoms with Gasteiger partial charge in [-0.15, -0.1) is 0 Å². The van der Waals surface area contributed by atoms with Crippen molar-refractivity contribution < 1.29 is 27.8 Å². The molecule has 3 aromatic rings. The number of allylic oxidation sites excluding steroid dienone is 1. The van der Waals surface area contributed by atoms with Crippen LogP contribution in [0.2, 0.25) is 10.0 Å². The van der Waals surface area contributed by atoms with Gasteiger partial charge in [-0.3, -0.25) is 14.6 Å². The Morgan fingerprint density at radius 3 is 2.49 bits per heavy atom. The Kier molecular flexibility index (Phi) is 8.51. The number of hydrogen-bond donors (Lipinski definition) is 1. The summed E-state index contributed by atoms with van der Waals surface area (Å²) in [7, 11) is 2.76. The number of rotatable bonds is 10. The van der Waals surface area contributed by atoms with E-state index in [1.165, 1.54) is 32.6 Å². The fourth-order valence-electron chi connectivity index (χ4n) is 4.04. The Morgan fingerprint density at radius 1 is 1.21 bits per heavy atom. The number of anilines is 4. The minimum Gasteiger partial charge on any atom is -0.495 e. The molecular formula is C26H23Cl2F2N5O4. The molecule has 0 atom stereocenters. The average molecular weight is 578 g/mol. The van der Waals surface area contributed by atoms with E-state index in [1.807, 2.05) is 0 Å². The zero-order valence-electron chi connectivity index (χ0n) is 20.9. The third-order valence-corrected chi connectivity index (χ3v) is 6.62. The minimum atomic E-state index is -2.87. The standard InChI is InChI=1S/C26H23Cl2F2N5O4/c1-4-16(36)9-14-7-5-6-8-17(14)32-25-31-11-15-12-34(26(37)35(13-20(29)30)24(15)33-25)23-21(27)18(38-2)10-19(39-3)22(23)28/h4-8,10-11,20H,1,9,12-13H2,2-3H3,(H,31,32,33). The van der Waals surface area contributed by atoms with Gasteiger partial charge in [0, 0.05) is 29.9 Å². The van der Waals surface area contributed by atoms with Gasteiger partial charge < -0.3 is 14.8 Å². The Hall–Kier alpha value is -3.96. The summed E-state index contributed by atoms with van der Waals surface area (Å²) in [5, 5.41) is 3.01. The lowest BCUT2D eigenvalue weighted by atomic mass is 10.1. The first-order valence-electron chi connectivity index (χ1n) is 11.5. The first-order chi connectivity index (χ1) is 18.7. The molecule has 0 saturated heterocycles. The molecule has 0 fully saturated rings. The number of alkyl halides is 2. The van der Waals surface area contributed by atoms with Crippen molar-refractivity contribution in [1.29, 1.82) is 0 Å². The lowest BCUT2D eigenvalue weighted by Crippen LogP contribution is -2.50. The molecule has 1 aliphatic heterocycles. The van der Waals surface area contributed by atoms with Crippen LogP contribution in [0.4, 0.5) is 36.7 Å². The van der Waals surface area contributed by atoms with Crippen LogP contribution in [0.1, 0.15) is 11.1 Å². The van der Waals surface area contributed by atoms with Gasteiger partial charge >= 0.3 is 6.03 Å². The number of urea groups is 1. The number of ether oxygens (including phenoxy) is 2. The summed E-state index contributed by atoms with van der Waals surface area (Å²) >= 11 is 13.0. The molecule has 0 radical (unpaired) electrons. The van der Waals surface area contributed by atoms with E-state index in [9.17, 15) is 18.4 Å². The molecule has 0 bridgehead atoms. The Bertz CT molecular complexity index is 1410. The molecular weight excluding hydrogens is 555 g/mol. The number of ketones is 1. The second-order valence-electron chi connectivity index (χ2n) is 8.30. The van der Waals surface area contributed by atoms with Crippen LogP contribution in [-0.2, 0) is 17.8 Å². The van der Waals surface area contributed by atoms with Gasteiger partial charge in [-0.1, -0.05) is 48.0 Å². The Balaban J connectivity index is 1.76. The Labute approximate surface area is 232 Å². The van der Waals surface area contributed by atoms with E-state index in [-0.39, 0.29) is 57.7 Å². The molecule has 9 nitrogen and oxygen atoms in total. The largest absolute Gasteiger partial charge is 0.495 e. The molecule has 1 N–H and O–H groups in total. The molecule has 39 heavy (non-hydrogen) atoms. The van der Waals surface area contributed by atoms with Crippen molar-refractivity contribution in [1.82, 2.24) is 9.97 Å². The molecule has 0 aliphatic carbocycles. The van der Waals surface area contributed by atoms with Crippen molar-refractivity contribution in [3.8, 4) is 11.5 Å². The van der Waals surface area contributed by atoms with E-state index in [1.54, 1.807) is 24.3 Å². The maximum absolute atomic E-state index is 13.7. The number of aromatic nitrogens is 2. The predicted molar refractivity (Wildman–Crippen MR) is 145 cm³/mol. The van der Waals surface area contributed by atoms with E-state index in [0.717, 1.165) is 9.80 Å². The predicted octanol–water partition coefficient (Wildman–Crippen LogP) is 6.05. The highest BCUT2D eigenvalue weighted by Crippen LogP contribution is 2.48. The maximum atomic E-state index is 13.7. The van der Waals surface area contributed by atoms with Crippen molar-refractivity contribution in [2.45, 2.75) is 19.4 Å². The van der Waals surface area contributed by atoms with Crippen molar-refractivity contribution in [2.24, 2.45) is 0 Å². The van der Waals surface area contributed by atoms with Gasteiger partial charge in [0.2, 0.25) is 5.95 Å². The van der Waals surface area contributed by atoms with Gasteiger partial charge in [0.1, 0.15) is 27.4 Å². The highest BCUT2D eigenvalue weighted by Gasteiger charge is 2.37. The lowest BCUT2D eigenvalue weighted by molar-refractivity contribution is -0.114. The summed E-state index contributed by atoms with van der Waals surface area (Å²) in [4.78, 5) is 36.2. The number of benzene rings is 2. The van der Waals surface area contributed by atoms with Crippen LogP contribution in [-0.4, -0.2) is 49.0 Å². The van der Waals surface area contributed by atoms with Crippen LogP contribution >= 0.6 is 23.2 Å². The fourth-order valence-corrected chi connectivity index (χ4v) is 4.75. The number of nitrogens with one attached hydrogen (secondary N) is 1. The van der Waals surface area contributed by atoms with Gasteiger partial charge in [-0.05, 0) is 17.7 Å². The monoisotopic (exact) mass is 577 g/mol. The fraction of sp³-hybridized carbons (Fsp3) is 0.231.